The summed E-state index contributed by atoms with van der Waals surface area (Å²) < 4.78 is 10.7. The fraction of sp³-hybridized carbons (Fsp3) is 0.821. The molecule has 0 bridgehead atoms. The molecule has 5 heteroatoms. The van der Waals surface area contributed by atoms with Gasteiger partial charge in [-0.3, -0.25) is 9.59 Å². The van der Waals surface area contributed by atoms with E-state index in [2.05, 4.69) is 62.5 Å². The third kappa shape index (κ3) is 50.4. The highest BCUT2D eigenvalue weighted by Crippen LogP contribution is 2.17. The Morgan fingerprint density at radius 1 is 0.393 bits per heavy atom. The second-order valence-corrected chi connectivity index (χ2v) is 17.9. The molecule has 0 aromatic carbocycles. The van der Waals surface area contributed by atoms with Crippen LogP contribution in [-0.4, -0.2) is 36.4 Å². The average Bonchev–Trinajstić information content (AvgIpc) is 3.26. The molecule has 0 saturated carbocycles. The lowest BCUT2D eigenvalue weighted by atomic mass is 10.0. The molecule has 0 saturated heterocycles. The third-order valence-electron chi connectivity index (χ3n) is 11.9. The highest BCUT2D eigenvalue weighted by molar-refractivity contribution is 5.70. The highest BCUT2D eigenvalue weighted by Gasteiger charge is 2.16. The molecule has 0 radical (unpaired) electrons. The lowest BCUT2D eigenvalue weighted by Gasteiger charge is -2.15. The van der Waals surface area contributed by atoms with Gasteiger partial charge in [0.15, 0.2) is 6.10 Å². The number of ether oxygens (including phenoxy) is 2. The van der Waals surface area contributed by atoms with Gasteiger partial charge in [-0.15, -0.1) is 0 Å². The molecule has 1 N–H and O–H groups in total. The SMILES string of the molecule is CC/C=C\C/C=C\C/C=C\C/C=C\CCCCCCCCC(=O)OC(CO)COC(=O)CCCCCCCCCCCCCCCCCCCCCCCCCCCCCC. The van der Waals surface area contributed by atoms with Crippen LogP contribution >= 0.6 is 0 Å². The van der Waals surface area contributed by atoms with Crippen LogP contribution in [0.4, 0.5) is 0 Å². The summed E-state index contributed by atoms with van der Waals surface area (Å²) in [7, 11) is 0. The summed E-state index contributed by atoms with van der Waals surface area (Å²) in [6, 6.07) is 0. The van der Waals surface area contributed by atoms with Crippen molar-refractivity contribution in [1.82, 2.24) is 0 Å². The molecular formula is C56H102O5. The van der Waals surface area contributed by atoms with Gasteiger partial charge in [-0.05, 0) is 51.4 Å². The number of aliphatic hydroxyl groups excluding tert-OH is 1. The van der Waals surface area contributed by atoms with Crippen LogP contribution < -0.4 is 0 Å². The van der Waals surface area contributed by atoms with Gasteiger partial charge in [0.2, 0.25) is 0 Å². The van der Waals surface area contributed by atoms with Crippen LogP contribution in [0.15, 0.2) is 48.6 Å². The molecule has 1 unspecified atom stereocenters. The minimum Gasteiger partial charge on any atom is -0.462 e. The molecule has 5 nitrogen and oxygen atoms in total. The molecule has 0 aliphatic heterocycles. The van der Waals surface area contributed by atoms with E-state index >= 15 is 0 Å². The van der Waals surface area contributed by atoms with Crippen molar-refractivity contribution in [3.8, 4) is 0 Å². The quantitative estimate of drug-likeness (QED) is 0.0375. The standard InChI is InChI=1S/C56H102O5/c1-3-5-7-9-11-13-15-17-19-21-23-24-25-26-27-28-29-30-31-33-34-36-38-40-42-44-46-48-50-55(58)60-53-54(52-57)61-56(59)51-49-47-45-43-41-39-37-35-32-22-20-18-16-14-12-10-8-6-4-2/h6,8,12,14,18,20,32,35,54,57H,3-5,7,9-11,13,15-17,19,21-31,33-34,36-53H2,1-2H3/b8-6-,14-12-,20-18-,35-32-. The molecule has 0 amide bonds. The second-order valence-electron chi connectivity index (χ2n) is 17.9. The molecule has 0 heterocycles. The Kier molecular flexibility index (Phi) is 50.4. The van der Waals surface area contributed by atoms with Crippen molar-refractivity contribution in [2.24, 2.45) is 0 Å². The molecule has 0 spiro atoms. The van der Waals surface area contributed by atoms with Crippen LogP contribution in [0.5, 0.6) is 0 Å². The maximum Gasteiger partial charge on any atom is 0.306 e. The summed E-state index contributed by atoms with van der Waals surface area (Å²) in [4.78, 5) is 24.5. The first-order valence-corrected chi connectivity index (χ1v) is 26.7. The summed E-state index contributed by atoms with van der Waals surface area (Å²) in [6.45, 7) is 4.05. The van der Waals surface area contributed by atoms with E-state index in [-0.39, 0.29) is 25.2 Å². The maximum absolute atomic E-state index is 12.3. The van der Waals surface area contributed by atoms with Crippen molar-refractivity contribution >= 4 is 11.9 Å². The van der Waals surface area contributed by atoms with Crippen molar-refractivity contribution in [3.05, 3.63) is 48.6 Å². The lowest BCUT2D eigenvalue weighted by molar-refractivity contribution is -0.161. The molecule has 1 atom stereocenters. The minimum absolute atomic E-state index is 0.0696. The first-order valence-electron chi connectivity index (χ1n) is 26.7. The summed E-state index contributed by atoms with van der Waals surface area (Å²) >= 11 is 0. The number of hydrogen-bond donors (Lipinski definition) is 1. The van der Waals surface area contributed by atoms with E-state index in [1.54, 1.807) is 0 Å². The Morgan fingerprint density at radius 3 is 1.07 bits per heavy atom. The molecular weight excluding hydrogens is 753 g/mol. The minimum atomic E-state index is -0.779. The van der Waals surface area contributed by atoms with Gasteiger partial charge in [0.1, 0.15) is 6.61 Å². The van der Waals surface area contributed by atoms with E-state index in [1.807, 2.05) is 0 Å². The highest BCUT2D eigenvalue weighted by atomic mass is 16.6. The summed E-state index contributed by atoms with van der Waals surface area (Å²) in [5.74, 6) is -0.596. The van der Waals surface area contributed by atoms with E-state index in [0.717, 1.165) is 70.6 Å². The third-order valence-corrected chi connectivity index (χ3v) is 11.9. The number of unbranched alkanes of at least 4 members (excludes halogenated alkanes) is 33. The fourth-order valence-corrected chi connectivity index (χ4v) is 7.90. The molecule has 0 aliphatic rings. The van der Waals surface area contributed by atoms with Gasteiger partial charge >= 0.3 is 11.9 Å². The number of aliphatic hydroxyl groups is 1. The normalized spacial score (nSPS) is 12.5. The van der Waals surface area contributed by atoms with Gasteiger partial charge in [-0.25, -0.2) is 0 Å². The first-order chi connectivity index (χ1) is 30.1. The zero-order valence-corrected chi connectivity index (χ0v) is 40.7. The summed E-state index contributed by atoms with van der Waals surface area (Å²) in [6.07, 6.45) is 67.9. The molecule has 61 heavy (non-hydrogen) atoms. The predicted octanol–water partition coefficient (Wildman–Crippen LogP) is 17.7. The Balaban J connectivity index is 3.45. The largest absolute Gasteiger partial charge is 0.462 e. The van der Waals surface area contributed by atoms with E-state index in [0.29, 0.717) is 12.8 Å². The number of hydrogen-bond acceptors (Lipinski definition) is 5. The van der Waals surface area contributed by atoms with Gasteiger partial charge in [0.05, 0.1) is 6.61 Å². The van der Waals surface area contributed by atoms with Crippen molar-refractivity contribution in [3.63, 3.8) is 0 Å². The second kappa shape index (κ2) is 52.2. The average molecular weight is 855 g/mol. The van der Waals surface area contributed by atoms with E-state index in [4.69, 9.17) is 9.47 Å². The Hall–Kier alpha value is -2.14. The van der Waals surface area contributed by atoms with Gasteiger partial charge in [-0.2, -0.15) is 0 Å². The Bertz CT molecular complexity index is 1010. The van der Waals surface area contributed by atoms with Crippen molar-refractivity contribution in [2.45, 2.75) is 283 Å². The van der Waals surface area contributed by atoms with E-state index in [9.17, 15) is 14.7 Å². The van der Waals surface area contributed by atoms with Gasteiger partial charge in [0, 0.05) is 12.8 Å². The van der Waals surface area contributed by atoms with E-state index in [1.165, 1.54) is 180 Å². The van der Waals surface area contributed by atoms with Crippen LogP contribution in [0.3, 0.4) is 0 Å². The molecule has 0 aromatic heterocycles. The zero-order chi connectivity index (χ0) is 44.2. The van der Waals surface area contributed by atoms with Crippen LogP contribution in [0, 0.1) is 0 Å². The van der Waals surface area contributed by atoms with Crippen LogP contribution in [0.25, 0.3) is 0 Å². The fourth-order valence-electron chi connectivity index (χ4n) is 7.90. The zero-order valence-electron chi connectivity index (χ0n) is 40.7. The monoisotopic (exact) mass is 855 g/mol. The topological polar surface area (TPSA) is 72.8 Å². The van der Waals surface area contributed by atoms with Crippen molar-refractivity contribution in [1.29, 1.82) is 0 Å². The smallest absolute Gasteiger partial charge is 0.306 e. The van der Waals surface area contributed by atoms with Crippen LogP contribution in [-0.2, 0) is 19.1 Å². The predicted molar refractivity (Wildman–Crippen MR) is 265 cm³/mol. The lowest BCUT2D eigenvalue weighted by Crippen LogP contribution is -2.28. The van der Waals surface area contributed by atoms with Crippen molar-refractivity contribution in [2.75, 3.05) is 13.2 Å². The Labute approximate surface area is 379 Å². The van der Waals surface area contributed by atoms with Crippen molar-refractivity contribution < 1.29 is 24.2 Å². The number of rotatable bonds is 49. The van der Waals surface area contributed by atoms with E-state index < -0.39 is 6.10 Å². The van der Waals surface area contributed by atoms with Crippen LogP contribution in [0.1, 0.15) is 277 Å². The molecule has 356 valence electrons. The number of carbonyl (C=O) groups is 2. The van der Waals surface area contributed by atoms with Gasteiger partial charge in [-0.1, -0.05) is 262 Å². The maximum atomic E-state index is 12.3. The van der Waals surface area contributed by atoms with Crippen LogP contribution in [0.2, 0.25) is 0 Å². The number of esters is 2. The molecule has 0 fully saturated rings. The molecule has 0 aliphatic carbocycles. The Morgan fingerprint density at radius 2 is 0.705 bits per heavy atom. The first kappa shape index (κ1) is 58.9. The summed E-state index contributed by atoms with van der Waals surface area (Å²) in [5.41, 5.74) is 0. The van der Waals surface area contributed by atoms with Gasteiger partial charge < -0.3 is 14.6 Å². The van der Waals surface area contributed by atoms with Gasteiger partial charge in [0.25, 0.3) is 0 Å². The molecule has 0 rings (SSSR count). The molecule has 0 aromatic rings. The number of carbonyl (C=O) groups excluding carboxylic acids is 2. The number of allylic oxidation sites excluding steroid dienone is 8. The summed E-state index contributed by atoms with van der Waals surface area (Å²) in [5, 5.41) is 9.63.